The molecule has 7 nitrogen and oxygen atoms in total. The second-order valence-corrected chi connectivity index (χ2v) is 10.6. The first kappa shape index (κ1) is 28.8. The van der Waals surface area contributed by atoms with E-state index in [2.05, 4.69) is 36.5 Å². The molecule has 0 saturated carbocycles. The first-order chi connectivity index (χ1) is 20.4. The molecule has 7 heteroatoms. The Hall–Kier alpha value is -4.75. The summed E-state index contributed by atoms with van der Waals surface area (Å²) < 4.78 is 0. The summed E-state index contributed by atoms with van der Waals surface area (Å²) in [7, 11) is 1.44. The van der Waals surface area contributed by atoms with Gasteiger partial charge in [-0.3, -0.25) is 9.59 Å². The van der Waals surface area contributed by atoms with Crippen LogP contribution in [-0.2, 0) is 9.63 Å². The number of hydrogen-bond acceptors (Lipinski definition) is 5. The fourth-order valence-electron chi connectivity index (χ4n) is 5.47. The molecule has 0 spiro atoms. The third kappa shape index (κ3) is 6.11. The molecule has 2 unspecified atom stereocenters. The lowest BCUT2D eigenvalue weighted by Crippen LogP contribution is -2.47. The highest BCUT2D eigenvalue weighted by Gasteiger charge is 2.40. The van der Waals surface area contributed by atoms with E-state index in [1.807, 2.05) is 78.9 Å². The second-order valence-electron chi connectivity index (χ2n) is 10.6. The van der Waals surface area contributed by atoms with Crippen molar-refractivity contribution in [3.05, 3.63) is 131 Å². The predicted octanol–water partition coefficient (Wildman–Crippen LogP) is 5.78. The molecule has 0 aromatic heterocycles. The summed E-state index contributed by atoms with van der Waals surface area (Å²) in [5.41, 5.74) is 7.04. The number of benzene rings is 4. The van der Waals surface area contributed by atoms with E-state index in [4.69, 9.17) is 4.84 Å². The van der Waals surface area contributed by atoms with E-state index in [1.54, 1.807) is 12.1 Å². The molecule has 1 aliphatic rings. The molecular formula is C35H35N3O4. The maximum atomic E-state index is 13.9. The molecule has 214 valence electrons. The van der Waals surface area contributed by atoms with E-state index in [0.29, 0.717) is 16.8 Å². The van der Waals surface area contributed by atoms with Crippen LogP contribution in [0.25, 0.3) is 11.1 Å². The molecule has 1 fully saturated rings. The lowest BCUT2D eigenvalue weighted by molar-refractivity contribution is -0.126. The topological polar surface area (TPSA) is 91.2 Å². The van der Waals surface area contributed by atoms with Crippen LogP contribution >= 0.6 is 0 Å². The molecule has 4 aromatic rings. The summed E-state index contributed by atoms with van der Waals surface area (Å²) in [6.07, 6.45) is -0.762. The first-order valence-electron chi connectivity index (χ1n) is 14.0. The van der Waals surface area contributed by atoms with Gasteiger partial charge in [-0.15, -0.1) is 0 Å². The number of aryl methyl sites for hydroxylation is 1. The predicted molar refractivity (Wildman–Crippen MR) is 164 cm³/mol. The first-order valence-corrected chi connectivity index (χ1v) is 14.0. The van der Waals surface area contributed by atoms with Crippen LogP contribution in [0.15, 0.2) is 108 Å². The van der Waals surface area contributed by atoms with Gasteiger partial charge >= 0.3 is 0 Å². The van der Waals surface area contributed by atoms with Gasteiger partial charge in [0.05, 0.1) is 18.3 Å². The van der Waals surface area contributed by atoms with Crippen LogP contribution < -0.4 is 5.32 Å². The van der Waals surface area contributed by atoms with E-state index in [9.17, 15) is 14.7 Å². The van der Waals surface area contributed by atoms with Crippen molar-refractivity contribution in [3.63, 3.8) is 0 Å². The minimum absolute atomic E-state index is 0.167. The molecule has 0 aliphatic carbocycles. The van der Waals surface area contributed by atoms with Gasteiger partial charge in [-0.1, -0.05) is 96.2 Å². The average molecular weight is 562 g/mol. The summed E-state index contributed by atoms with van der Waals surface area (Å²) in [6.45, 7) is 4.33. The van der Waals surface area contributed by atoms with Crippen LogP contribution in [0.3, 0.4) is 0 Å². The SMILES string of the molecule is CO/N=C1/C[C@@H](C(=O)NC(c2ccccc2)C(O)c2ccccc2)N(C(=O)c2ccc(-c3cccc(C)c3C)cc2)C1. The minimum Gasteiger partial charge on any atom is -0.399 e. The van der Waals surface area contributed by atoms with E-state index >= 15 is 0 Å². The Balaban J connectivity index is 1.41. The highest BCUT2D eigenvalue weighted by molar-refractivity contribution is 6.05. The van der Waals surface area contributed by atoms with Gasteiger partial charge < -0.3 is 20.2 Å². The number of nitrogens with one attached hydrogen (secondary N) is 1. The Morgan fingerprint density at radius 2 is 1.52 bits per heavy atom. The van der Waals surface area contributed by atoms with Crippen molar-refractivity contribution < 1.29 is 19.5 Å². The summed E-state index contributed by atoms with van der Waals surface area (Å²) in [6, 6.07) is 30.7. The van der Waals surface area contributed by atoms with Gasteiger partial charge in [0.15, 0.2) is 0 Å². The quantitative estimate of drug-likeness (QED) is 0.267. The Kier molecular flexibility index (Phi) is 8.79. The molecule has 2 N–H and O–H groups in total. The zero-order chi connectivity index (χ0) is 29.6. The van der Waals surface area contributed by atoms with Crippen molar-refractivity contribution in [1.29, 1.82) is 0 Å². The lowest BCUT2D eigenvalue weighted by Gasteiger charge is -2.29. The zero-order valence-corrected chi connectivity index (χ0v) is 24.0. The smallest absolute Gasteiger partial charge is 0.254 e. The van der Waals surface area contributed by atoms with Crippen LogP contribution in [0.4, 0.5) is 0 Å². The van der Waals surface area contributed by atoms with Gasteiger partial charge in [-0.25, -0.2) is 0 Å². The zero-order valence-electron chi connectivity index (χ0n) is 24.0. The van der Waals surface area contributed by atoms with Crippen LogP contribution in [0.5, 0.6) is 0 Å². The second kappa shape index (κ2) is 12.8. The molecule has 42 heavy (non-hydrogen) atoms. The molecule has 3 atom stereocenters. The van der Waals surface area contributed by atoms with Gasteiger partial charge in [0.2, 0.25) is 5.91 Å². The molecule has 5 rings (SSSR count). The highest BCUT2D eigenvalue weighted by atomic mass is 16.6. The Bertz CT molecular complexity index is 1570. The summed E-state index contributed by atoms with van der Waals surface area (Å²) >= 11 is 0. The maximum absolute atomic E-state index is 13.9. The molecule has 0 bridgehead atoms. The van der Waals surface area contributed by atoms with Crippen molar-refractivity contribution >= 4 is 17.5 Å². The van der Waals surface area contributed by atoms with Gasteiger partial charge in [-0.2, -0.15) is 0 Å². The maximum Gasteiger partial charge on any atom is 0.254 e. The standard InChI is InChI=1S/C35H35N3O4/c1-23-11-10-16-30(24(23)2)25-17-19-28(20-18-25)35(41)38-22-29(37-42-3)21-31(38)34(40)36-32(26-12-6-4-7-13-26)33(39)27-14-8-5-9-15-27/h4-20,31-33,39H,21-22H2,1-3H3,(H,36,40)/b37-29-/t31-,32?,33?/m0/s1. The Labute approximate surface area is 246 Å². The Morgan fingerprint density at radius 3 is 2.17 bits per heavy atom. The summed E-state index contributed by atoms with van der Waals surface area (Å²) in [4.78, 5) is 34.2. The van der Waals surface area contributed by atoms with Gasteiger partial charge in [-0.05, 0) is 59.4 Å². The largest absolute Gasteiger partial charge is 0.399 e. The fourth-order valence-corrected chi connectivity index (χ4v) is 5.47. The number of aliphatic hydroxyl groups excluding tert-OH is 1. The fraction of sp³-hybridized carbons (Fsp3) is 0.229. The number of likely N-dealkylation sites (tertiary alicyclic amines) is 1. The molecule has 1 heterocycles. The molecule has 1 aliphatic heterocycles. The van der Waals surface area contributed by atoms with Crippen LogP contribution in [-0.4, -0.2) is 47.2 Å². The number of hydrogen-bond donors (Lipinski definition) is 2. The molecular weight excluding hydrogens is 526 g/mol. The van der Waals surface area contributed by atoms with Crippen molar-refractivity contribution in [2.45, 2.75) is 38.5 Å². The van der Waals surface area contributed by atoms with Crippen molar-refractivity contribution in [1.82, 2.24) is 10.2 Å². The number of aliphatic hydroxyl groups is 1. The number of rotatable bonds is 8. The van der Waals surface area contributed by atoms with E-state index in [-0.39, 0.29) is 24.8 Å². The minimum atomic E-state index is -0.993. The van der Waals surface area contributed by atoms with Gasteiger partial charge in [0.1, 0.15) is 19.3 Å². The summed E-state index contributed by atoms with van der Waals surface area (Å²) in [5.74, 6) is -0.649. The number of carbonyl (C=O) groups excluding carboxylic acids is 2. The van der Waals surface area contributed by atoms with Gasteiger partial charge in [0, 0.05) is 12.0 Å². The summed E-state index contributed by atoms with van der Waals surface area (Å²) in [5, 5.41) is 18.4. The number of carbonyl (C=O) groups is 2. The van der Waals surface area contributed by atoms with Crippen LogP contribution in [0.1, 0.15) is 51.2 Å². The lowest BCUT2D eigenvalue weighted by atomic mass is 9.95. The molecule has 4 aromatic carbocycles. The molecule has 1 saturated heterocycles. The van der Waals surface area contributed by atoms with Crippen molar-refractivity contribution in [2.75, 3.05) is 13.7 Å². The normalized spacial score (nSPS) is 17.1. The monoisotopic (exact) mass is 561 g/mol. The molecule has 2 amide bonds. The number of nitrogens with zero attached hydrogens (tertiary/aromatic N) is 2. The Morgan fingerprint density at radius 1 is 0.881 bits per heavy atom. The van der Waals surface area contributed by atoms with E-state index in [0.717, 1.165) is 16.7 Å². The third-order valence-corrected chi connectivity index (χ3v) is 7.90. The van der Waals surface area contributed by atoms with Gasteiger partial charge in [0.25, 0.3) is 5.91 Å². The number of oxime groups is 1. The third-order valence-electron chi connectivity index (χ3n) is 7.90. The van der Waals surface area contributed by atoms with Crippen molar-refractivity contribution in [3.8, 4) is 11.1 Å². The van der Waals surface area contributed by atoms with E-state index in [1.165, 1.54) is 23.1 Å². The molecule has 0 radical (unpaired) electrons. The van der Waals surface area contributed by atoms with Crippen LogP contribution in [0.2, 0.25) is 0 Å². The van der Waals surface area contributed by atoms with Crippen LogP contribution in [0, 0.1) is 13.8 Å². The highest BCUT2D eigenvalue weighted by Crippen LogP contribution is 2.31. The average Bonchev–Trinajstić information content (AvgIpc) is 3.45. The van der Waals surface area contributed by atoms with E-state index < -0.39 is 18.2 Å². The number of amides is 2. The van der Waals surface area contributed by atoms with Crippen molar-refractivity contribution in [2.24, 2.45) is 5.16 Å².